The summed E-state index contributed by atoms with van der Waals surface area (Å²) in [5, 5.41) is 0.903. The van der Waals surface area contributed by atoms with Gasteiger partial charge in [-0.1, -0.05) is 11.6 Å². The van der Waals surface area contributed by atoms with Crippen molar-refractivity contribution in [3.05, 3.63) is 59.0 Å². The minimum Gasteiger partial charge on any atom is -0.360 e. The van der Waals surface area contributed by atoms with Crippen molar-refractivity contribution >= 4 is 44.0 Å². The Morgan fingerprint density at radius 1 is 1.21 bits per heavy atom. The van der Waals surface area contributed by atoms with Crippen LogP contribution in [0.15, 0.2) is 47.5 Å². The van der Waals surface area contributed by atoms with E-state index in [-0.39, 0.29) is 21.9 Å². The van der Waals surface area contributed by atoms with Crippen LogP contribution < -0.4 is 4.72 Å². The van der Waals surface area contributed by atoms with Gasteiger partial charge in [0.2, 0.25) is 0 Å². The second-order valence-electron chi connectivity index (χ2n) is 5.20. The summed E-state index contributed by atoms with van der Waals surface area (Å²) in [5.41, 5.74) is 0.482. The molecule has 0 aliphatic carbocycles. The highest BCUT2D eigenvalue weighted by Gasteiger charge is 2.21. The van der Waals surface area contributed by atoms with Crippen molar-refractivity contribution in [3.63, 3.8) is 0 Å². The van der Waals surface area contributed by atoms with E-state index in [0.717, 1.165) is 6.07 Å². The fraction of sp³-hybridized carbons (Fsp3) is 0.0625. The Balaban J connectivity index is 2.00. The van der Waals surface area contributed by atoms with E-state index >= 15 is 0 Å². The summed E-state index contributed by atoms with van der Waals surface area (Å²) < 4.78 is 41.3. The predicted molar refractivity (Wildman–Crippen MR) is 90.5 cm³/mol. The molecule has 0 aliphatic rings. The highest BCUT2D eigenvalue weighted by molar-refractivity contribution is 7.93. The normalized spacial score (nSPS) is 11.6. The van der Waals surface area contributed by atoms with E-state index in [2.05, 4.69) is 9.71 Å². The quantitative estimate of drug-likeness (QED) is 0.686. The monoisotopic (exact) mass is 366 g/mol. The molecular formula is C16H12ClFN2O3S. The SMILES string of the molecule is CC(=O)c1ccc(NS(=O)(=O)c2c[nH]c3cc(Cl)ccc23)c(F)c1. The summed E-state index contributed by atoms with van der Waals surface area (Å²) in [7, 11) is -4.01. The number of nitrogens with one attached hydrogen (secondary N) is 2. The van der Waals surface area contributed by atoms with Crippen LogP contribution in [0.5, 0.6) is 0 Å². The summed E-state index contributed by atoms with van der Waals surface area (Å²) >= 11 is 5.87. The van der Waals surface area contributed by atoms with Crippen LogP contribution in [0.2, 0.25) is 5.02 Å². The van der Waals surface area contributed by atoms with E-state index in [0.29, 0.717) is 15.9 Å². The molecule has 0 fully saturated rings. The summed E-state index contributed by atoms with van der Waals surface area (Å²) in [5.74, 6) is -1.13. The molecule has 0 amide bonds. The minimum absolute atomic E-state index is 0.0239. The van der Waals surface area contributed by atoms with Gasteiger partial charge in [0.1, 0.15) is 10.7 Å². The largest absolute Gasteiger partial charge is 0.360 e. The lowest BCUT2D eigenvalue weighted by atomic mass is 10.1. The number of rotatable bonds is 4. The van der Waals surface area contributed by atoms with Gasteiger partial charge in [0.15, 0.2) is 5.78 Å². The molecule has 0 unspecified atom stereocenters. The molecule has 8 heteroatoms. The molecule has 24 heavy (non-hydrogen) atoms. The van der Waals surface area contributed by atoms with E-state index < -0.39 is 15.8 Å². The van der Waals surface area contributed by atoms with Crippen LogP contribution in [0.1, 0.15) is 17.3 Å². The first-order chi connectivity index (χ1) is 11.3. The maximum atomic E-state index is 14.0. The van der Waals surface area contributed by atoms with Crippen molar-refractivity contribution in [2.45, 2.75) is 11.8 Å². The number of aromatic amines is 1. The Kier molecular flexibility index (Phi) is 4.06. The van der Waals surface area contributed by atoms with Crippen LogP contribution in [-0.2, 0) is 10.0 Å². The lowest BCUT2D eigenvalue weighted by Crippen LogP contribution is -2.14. The molecule has 124 valence electrons. The summed E-state index contributed by atoms with van der Waals surface area (Å²) in [6.07, 6.45) is 1.31. The van der Waals surface area contributed by atoms with Gasteiger partial charge in [-0.15, -0.1) is 0 Å². The van der Waals surface area contributed by atoms with E-state index in [9.17, 15) is 17.6 Å². The van der Waals surface area contributed by atoms with Crippen molar-refractivity contribution in [1.82, 2.24) is 4.98 Å². The van der Waals surface area contributed by atoms with Crippen molar-refractivity contribution in [2.75, 3.05) is 4.72 Å². The molecule has 0 bridgehead atoms. The van der Waals surface area contributed by atoms with Crippen LogP contribution in [0, 0.1) is 5.82 Å². The van der Waals surface area contributed by atoms with Gasteiger partial charge in [-0.2, -0.15) is 0 Å². The van der Waals surface area contributed by atoms with E-state index in [1.165, 1.54) is 25.3 Å². The Morgan fingerprint density at radius 2 is 1.96 bits per heavy atom. The minimum atomic E-state index is -4.01. The average Bonchev–Trinajstić information content (AvgIpc) is 2.92. The summed E-state index contributed by atoms with van der Waals surface area (Å²) in [4.78, 5) is 14.0. The molecule has 0 saturated carbocycles. The number of Topliss-reactive ketones (excluding diaryl/α,β-unsaturated/α-hetero) is 1. The maximum Gasteiger partial charge on any atom is 0.264 e. The van der Waals surface area contributed by atoms with E-state index in [1.807, 2.05) is 0 Å². The fourth-order valence-electron chi connectivity index (χ4n) is 2.31. The number of fused-ring (bicyclic) bond motifs is 1. The fourth-order valence-corrected chi connectivity index (χ4v) is 3.73. The highest BCUT2D eigenvalue weighted by atomic mass is 35.5. The molecule has 1 aromatic heterocycles. The number of hydrogen-bond donors (Lipinski definition) is 2. The number of ketones is 1. The Bertz CT molecular complexity index is 1060. The van der Waals surface area contributed by atoms with Crippen molar-refractivity contribution in [1.29, 1.82) is 0 Å². The Labute approximate surface area is 142 Å². The molecule has 0 aliphatic heterocycles. The molecule has 0 radical (unpaired) electrons. The molecule has 2 aromatic carbocycles. The zero-order valence-corrected chi connectivity index (χ0v) is 14.0. The van der Waals surface area contributed by atoms with E-state index in [4.69, 9.17) is 11.6 Å². The number of sulfonamides is 1. The van der Waals surface area contributed by atoms with Gasteiger partial charge in [-0.25, -0.2) is 12.8 Å². The van der Waals surface area contributed by atoms with Gasteiger partial charge >= 0.3 is 0 Å². The molecule has 0 atom stereocenters. The van der Waals surface area contributed by atoms with Crippen LogP contribution in [-0.4, -0.2) is 19.2 Å². The lowest BCUT2D eigenvalue weighted by Gasteiger charge is -2.09. The van der Waals surface area contributed by atoms with Gasteiger partial charge in [-0.05, 0) is 43.3 Å². The third-order valence-corrected chi connectivity index (χ3v) is 5.16. The number of hydrogen-bond acceptors (Lipinski definition) is 3. The second-order valence-corrected chi connectivity index (χ2v) is 7.29. The summed E-state index contributed by atoms with van der Waals surface area (Å²) in [6, 6.07) is 8.30. The first-order valence-electron chi connectivity index (χ1n) is 6.88. The average molecular weight is 367 g/mol. The van der Waals surface area contributed by atoms with Gasteiger partial charge in [0.25, 0.3) is 10.0 Å². The number of H-pyrrole nitrogens is 1. The number of anilines is 1. The zero-order chi connectivity index (χ0) is 17.5. The molecule has 3 aromatic rings. The van der Waals surface area contributed by atoms with Crippen LogP contribution >= 0.6 is 11.6 Å². The molecule has 0 saturated heterocycles. The molecule has 2 N–H and O–H groups in total. The molecule has 5 nitrogen and oxygen atoms in total. The first-order valence-corrected chi connectivity index (χ1v) is 8.74. The zero-order valence-electron chi connectivity index (χ0n) is 12.4. The van der Waals surface area contributed by atoms with Gasteiger partial charge in [-0.3, -0.25) is 9.52 Å². The van der Waals surface area contributed by atoms with Gasteiger partial charge < -0.3 is 4.98 Å². The van der Waals surface area contributed by atoms with Crippen LogP contribution in [0.4, 0.5) is 10.1 Å². The molecule has 0 spiro atoms. The van der Waals surface area contributed by atoms with Crippen LogP contribution in [0.3, 0.4) is 0 Å². The Hall–Kier alpha value is -2.38. The maximum absolute atomic E-state index is 14.0. The van der Waals surface area contributed by atoms with Crippen LogP contribution in [0.25, 0.3) is 10.9 Å². The number of halogens is 2. The second kappa shape index (κ2) is 5.92. The first kappa shape index (κ1) is 16.5. The van der Waals surface area contributed by atoms with Crippen molar-refractivity contribution in [2.24, 2.45) is 0 Å². The van der Waals surface area contributed by atoms with E-state index in [1.54, 1.807) is 18.2 Å². The molecular weight excluding hydrogens is 355 g/mol. The predicted octanol–water partition coefficient (Wildman–Crippen LogP) is 3.96. The molecule has 3 rings (SSSR count). The third kappa shape index (κ3) is 3.00. The number of benzene rings is 2. The Morgan fingerprint density at radius 3 is 2.62 bits per heavy atom. The van der Waals surface area contributed by atoms with Crippen molar-refractivity contribution < 1.29 is 17.6 Å². The number of aromatic nitrogens is 1. The third-order valence-electron chi connectivity index (χ3n) is 3.52. The summed E-state index contributed by atoms with van der Waals surface area (Å²) in [6.45, 7) is 1.30. The smallest absolute Gasteiger partial charge is 0.264 e. The lowest BCUT2D eigenvalue weighted by molar-refractivity contribution is 0.101. The van der Waals surface area contributed by atoms with Gasteiger partial charge in [0, 0.05) is 27.7 Å². The highest BCUT2D eigenvalue weighted by Crippen LogP contribution is 2.27. The molecule has 1 heterocycles. The van der Waals surface area contributed by atoms with Gasteiger partial charge in [0.05, 0.1) is 5.69 Å². The van der Waals surface area contributed by atoms with Crippen molar-refractivity contribution in [3.8, 4) is 0 Å². The standard InChI is InChI=1S/C16H12ClFN2O3S/c1-9(21)10-2-5-14(13(18)6-10)20-24(22,23)16-8-19-15-7-11(17)3-4-12(15)16/h2-8,19-20H,1H3. The number of carbonyl (C=O) groups excluding carboxylic acids is 1. The number of carbonyl (C=O) groups is 1. The topological polar surface area (TPSA) is 79.0 Å².